The molecule has 33 heavy (non-hydrogen) atoms. The van der Waals surface area contributed by atoms with Crippen LogP contribution in [0.25, 0.3) is 10.9 Å². The summed E-state index contributed by atoms with van der Waals surface area (Å²) in [4.78, 5) is 26.2. The van der Waals surface area contributed by atoms with Crippen molar-refractivity contribution in [3.05, 3.63) is 95.7 Å². The van der Waals surface area contributed by atoms with Gasteiger partial charge in [-0.15, -0.1) is 0 Å². The van der Waals surface area contributed by atoms with Crippen LogP contribution in [0.4, 0.5) is 5.69 Å². The molecular weight excluding hydrogens is 414 g/mol. The van der Waals surface area contributed by atoms with E-state index in [0.717, 1.165) is 48.2 Å². The lowest BCUT2D eigenvalue weighted by Gasteiger charge is -2.12. The van der Waals surface area contributed by atoms with Crippen molar-refractivity contribution in [1.82, 2.24) is 9.88 Å². The predicted octanol–water partition coefficient (Wildman–Crippen LogP) is 4.30. The van der Waals surface area contributed by atoms with Gasteiger partial charge in [0.1, 0.15) is 5.75 Å². The van der Waals surface area contributed by atoms with Crippen molar-refractivity contribution in [3.63, 3.8) is 0 Å². The number of carbonyl (C=O) groups is 2. The molecule has 0 saturated carbocycles. The van der Waals surface area contributed by atoms with E-state index in [4.69, 9.17) is 4.74 Å². The Balaban J connectivity index is 1.39. The number of nitrogens with one attached hydrogen (secondary N) is 2. The van der Waals surface area contributed by atoms with E-state index in [1.54, 1.807) is 24.3 Å². The summed E-state index contributed by atoms with van der Waals surface area (Å²) in [5.74, 6) is 0.0224. The lowest BCUT2D eigenvalue weighted by Crippen LogP contribution is -2.18. The first-order valence-corrected chi connectivity index (χ1v) is 11.1. The van der Waals surface area contributed by atoms with Crippen molar-refractivity contribution in [2.75, 3.05) is 25.0 Å². The van der Waals surface area contributed by atoms with E-state index >= 15 is 0 Å². The van der Waals surface area contributed by atoms with E-state index < -0.39 is 0 Å². The highest BCUT2D eigenvalue weighted by Gasteiger charge is 2.24. The first kappa shape index (κ1) is 21.0. The molecule has 0 atom stereocenters. The number of anilines is 1. The molecule has 6 nitrogen and oxygen atoms in total. The molecule has 3 aromatic carbocycles. The van der Waals surface area contributed by atoms with E-state index in [1.807, 2.05) is 48.5 Å². The molecule has 1 amide bonds. The van der Waals surface area contributed by atoms with E-state index in [-0.39, 0.29) is 18.3 Å². The standard InChI is InChI=1S/C27H25N3O3/c31-24(26-20-10-4-6-12-22(20)30-17-16-28-15-14-23(26)30)18-33-25-13-7-5-11-21(25)27(32)29-19-8-2-1-3-9-19/h1-13,28H,14-18H2,(H,29,32). The number of benzene rings is 3. The molecule has 0 aliphatic carbocycles. The number of hydrogen-bond acceptors (Lipinski definition) is 4. The first-order valence-electron chi connectivity index (χ1n) is 11.1. The second kappa shape index (κ2) is 9.30. The summed E-state index contributed by atoms with van der Waals surface area (Å²) in [6.07, 6.45) is 0.784. The van der Waals surface area contributed by atoms with Crippen LogP contribution >= 0.6 is 0 Å². The largest absolute Gasteiger partial charge is 0.485 e. The molecule has 2 N–H and O–H groups in total. The molecule has 1 aliphatic heterocycles. The van der Waals surface area contributed by atoms with Gasteiger partial charge in [0.05, 0.1) is 11.1 Å². The van der Waals surface area contributed by atoms with Crippen LogP contribution in [0.15, 0.2) is 78.9 Å². The SMILES string of the molecule is O=C(Nc1ccccc1)c1ccccc1OCC(=O)c1c2n(c3ccccc13)CCNCC2. The molecule has 5 rings (SSSR count). The third kappa shape index (κ3) is 4.25. The summed E-state index contributed by atoms with van der Waals surface area (Å²) in [6, 6.07) is 24.3. The Morgan fingerprint density at radius 1 is 0.909 bits per heavy atom. The number of hydrogen-bond donors (Lipinski definition) is 2. The van der Waals surface area contributed by atoms with Crippen LogP contribution in [0.1, 0.15) is 26.4 Å². The Labute approximate surface area is 192 Å². The molecule has 2 heterocycles. The number of para-hydroxylation sites is 3. The lowest BCUT2D eigenvalue weighted by atomic mass is 10.0. The highest BCUT2D eigenvalue weighted by Crippen LogP contribution is 2.28. The van der Waals surface area contributed by atoms with Crippen LogP contribution in [0, 0.1) is 0 Å². The van der Waals surface area contributed by atoms with Crippen LogP contribution in [-0.4, -0.2) is 36.0 Å². The van der Waals surface area contributed by atoms with Crippen molar-refractivity contribution >= 4 is 28.3 Å². The number of ether oxygens (including phenoxy) is 1. The van der Waals surface area contributed by atoms with Gasteiger partial charge in [-0.2, -0.15) is 0 Å². The fourth-order valence-corrected chi connectivity index (χ4v) is 4.42. The van der Waals surface area contributed by atoms with Gasteiger partial charge in [-0.1, -0.05) is 48.5 Å². The van der Waals surface area contributed by atoms with E-state index in [0.29, 0.717) is 17.0 Å². The zero-order chi connectivity index (χ0) is 22.6. The van der Waals surface area contributed by atoms with Crippen LogP contribution in [0.2, 0.25) is 0 Å². The average Bonchev–Trinajstić information content (AvgIpc) is 2.98. The zero-order valence-corrected chi connectivity index (χ0v) is 18.2. The molecule has 0 unspecified atom stereocenters. The van der Waals surface area contributed by atoms with Crippen molar-refractivity contribution in [2.24, 2.45) is 0 Å². The summed E-state index contributed by atoms with van der Waals surface area (Å²) < 4.78 is 8.16. The van der Waals surface area contributed by atoms with Gasteiger partial charge in [-0.05, 0) is 30.3 Å². The Hall–Kier alpha value is -3.90. The summed E-state index contributed by atoms with van der Waals surface area (Å²) in [7, 11) is 0. The molecule has 6 heteroatoms. The van der Waals surface area contributed by atoms with Crippen LogP contribution in [-0.2, 0) is 13.0 Å². The highest BCUT2D eigenvalue weighted by atomic mass is 16.5. The number of carbonyl (C=O) groups excluding carboxylic acids is 2. The summed E-state index contributed by atoms with van der Waals surface area (Å²) in [5, 5.41) is 7.23. The molecule has 166 valence electrons. The number of rotatable bonds is 6. The van der Waals surface area contributed by atoms with Gasteiger partial charge in [-0.3, -0.25) is 9.59 Å². The highest BCUT2D eigenvalue weighted by molar-refractivity contribution is 6.10. The maximum absolute atomic E-state index is 13.4. The maximum Gasteiger partial charge on any atom is 0.259 e. The molecule has 0 radical (unpaired) electrons. The fourth-order valence-electron chi connectivity index (χ4n) is 4.42. The third-order valence-corrected chi connectivity index (χ3v) is 5.93. The van der Waals surface area contributed by atoms with Crippen molar-refractivity contribution in [3.8, 4) is 5.75 Å². The Bertz CT molecular complexity index is 1310. The van der Waals surface area contributed by atoms with Gasteiger partial charge in [0.2, 0.25) is 5.78 Å². The number of fused-ring (bicyclic) bond motifs is 3. The Morgan fingerprint density at radius 2 is 1.67 bits per heavy atom. The first-order chi connectivity index (χ1) is 16.2. The number of ketones is 1. The quantitative estimate of drug-likeness (QED) is 0.440. The minimum atomic E-state index is -0.279. The summed E-state index contributed by atoms with van der Waals surface area (Å²) >= 11 is 0. The second-order valence-corrected chi connectivity index (χ2v) is 8.02. The fraction of sp³-hybridized carbons (Fsp3) is 0.185. The van der Waals surface area contributed by atoms with E-state index in [1.165, 1.54) is 0 Å². The average molecular weight is 440 g/mol. The maximum atomic E-state index is 13.4. The molecule has 1 aliphatic rings. The summed E-state index contributed by atoms with van der Waals surface area (Å²) in [5.41, 5.74) is 3.93. The Kier molecular flexibility index (Phi) is 5.91. The zero-order valence-electron chi connectivity index (χ0n) is 18.2. The smallest absolute Gasteiger partial charge is 0.259 e. The molecular formula is C27H25N3O3. The topological polar surface area (TPSA) is 72.4 Å². The molecule has 0 bridgehead atoms. The lowest BCUT2D eigenvalue weighted by molar-refractivity contribution is 0.0914. The van der Waals surface area contributed by atoms with Gasteiger partial charge in [0, 0.05) is 48.3 Å². The predicted molar refractivity (Wildman–Crippen MR) is 129 cm³/mol. The van der Waals surface area contributed by atoms with E-state index in [2.05, 4.69) is 21.3 Å². The van der Waals surface area contributed by atoms with Crippen molar-refractivity contribution in [2.45, 2.75) is 13.0 Å². The second-order valence-electron chi connectivity index (χ2n) is 8.02. The number of Topliss-reactive ketones (excluding diaryl/α,β-unsaturated/α-hetero) is 1. The third-order valence-electron chi connectivity index (χ3n) is 5.93. The van der Waals surface area contributed by atoms with Gasteiger partial charge in [-0.25, -0.2) is 0 Å². The Morgan fingerprint density at radius 3 is 2.55 bits per heavy atom. The minimum absolute atomic E-state index is 0.0832. The van der Waals surface area contributed by atoms with Crippen LogP contribution in [0.3, 0.4) is 0 Å². The molecule has 1 aromatic heterocycles. The van der Waals surface area contributed by atoms with Gasteiger partial charge in [0.25, 0.3) is 5.91 Å². The number of amides is 1. The molecule has 0 fully saturated rings. The number of aromatic nitrogens is 1. The van der Waals surface area contributed by atoms with Gasteiger partial charge < -0.3 is 19.9 Å². The van der Waals surface area contributed by atoms with Crippen LogP contribution < -0.4 is 15.4 Å². The van der Waals surface area contributed by atoms with Crippen molar-refractivity contribution < 1.29 is 14.3 Å². The minimum Gasteiger partial charge on any atom is -0.485 e. The van der Waals surface area contributed by atoms with Crippen LogP contribution in [0.5, 0.6) is 5.75 Å². The molecule has 4 aromatic rings. The number of nitrogens with zero attached hydrogens (tertiary/aromatic N) is 1. The monoisotopic (exact) mass is 439 g/mol. The van der Waals surface area contributed by atoms with E-state index in [9.17, 15) is 9.59 Å². The van der Waals surface area contributed by atoms with Gasteiger partial charge in [0.15, 0.2) is 6.61 Å². The molecule has 0 spiro atoms. The van der Waals surface area contributed by atoms with Crippen molar-refractivity contribution in [1.29, 1.82) is 0 Å². The molecule has 0 saturated heterocycles. The summed E-state index contributed by atoms with van der Waals surface area (Å²) in [6.45, 7) is 2.40. The van der Waals surface area contributed by atoms with Gasteiger partial charge >= 0.3 is 0 Å². The normalized spacial score (nSPS) is 13.2.